The lowest BCUT2D eigenvalue weighted by molar-refractivity contribution is -0.123. The van der Waals surface area contributed by atoms with E-state index in [4.69, 9.17) is 0 Å². The standard InChI is InChI=1S/C18H23N5O/c1-13(14-2-4-15(5-3-14)23-12-20-11-21-23)22-17(24)16-10-18(16)6-8-19-9-7-18/h2-5,11-13,16,19H,6-10H2,1H3,(H,22,24). The summed E-state index contributed by atoms with van der Waals surface area (Å²) in [6.07, 6.45) is 6.51. The van der Waals surface area contributed by atoms with Crippen LogP contribution in [0.4, 0.5) is 0 Å². The van der Waals surface area contributed by atoms with E-state index in [2.05, 4.69) is 20.7 Å². The summed E-state index contributed by atoms with van der Waals surface area (Å²) in [6, 6.07) is 8.09. The number of amides is 1. The van der Waals surface area contributed by atoms with Crippen LogP contribution in [0, 0.1) is 11.3 Å². The molecule has 24 heavy (non-hydrogen) atoms. The van der Waals surface area contributed by atoms with Crippen molar-refractivity contribution in [3.8, 4) is 5.69 Å². The molecule has 2 unspecified atom stereocenters. The Balaban J connectivity index is 1.37. The molecule has 1 saturated carbocycles. The predicted molar refractivity (Wildman–Crippen MR) is 90.6 cm³/mol. The minimum Gasteiger partial charge on any atom is -0.349 e. The fourth-order valence-electron chi connectivity index (χ4n) is 3.85. The minimum absolute atomic E-state index is 0.0154. The molecule has 126 valence electrons. The molecule has 1 aliphatic heterocycles. The topological polar surface area (TPSA) is 71.8 Å². The second-order valence-electron chi connectivity index (χ2n) is 7.03. The van der Waals surface area contributed by atoms with Gasteiger partial charge in [-0.2, -0.15) is 5.10 Å². The molecule has 1 amide bonds. The predicted octanol–water partition coefficient (Wildman–Crippen LogP) is 1.83. The van der Waals surface area contributed by atoms with E-state index in [0.717, 1.165) is 43.6 Å². The van der Waals surface area contributed by atoms with Gasteiger partial charge in [0.2, 0.25) is 5.91 Å². The SMILES string of the molecule is CC(NC(=O)C1CC12CCNCC2)c1ccc(-n2cncn2)cc1. The van der Waals surface area contributed by atoms with Crippen LogP contribution in [0.2, 0.25) is 0 Å². The molecule has 0 bridgehead atoms. The van der Waals surface area contributed by atoms with Gasteiger partial charge in [-0.15, -0.1) is 0 Å². The minimum atomic E-state index is 0.0154. The molecule has 2 atom stereocenters. The van der Waals surface area contributed by atoms with E-state index in [0.29, 0.717) is 0 Å². The second kappa shape index (κ2) is 6.02. The highest BCUT2D eigenvalue weighted by atomic mass is 16.2. The summed E-state index contributed by atoms with van der Waals surface area (Å²) in [6.45, 7) is 4.13. The van der Waals surface area contributed by atoms with Crippen molar-refractivity contribution in [3.63, 3.8) is 0 Å². The summed E-state index contributed by atoms with van der Waals surface area (Å²) < 4.78 is 1.72. The number of nitrogens with zero attached hydrogens (tertiary/aromatic N) is 3. The van der Waals surface area contributed by atoms with E-state index in [1.807, 2.05) is 31.2 Å². The summed E-state index contributed by atoms with van der Waals surface area (Å²) in [5, 5.41) is 10.7. The Hall–Kier alpha value is -2.21. The Morgan fingerprint density at radius 1 is 1.33 bits per heavy atom. The lowest BCUT2D eigenvalue weighted by Crippen LogP contribution is -2.34. The zero-order valence-electron chi connectivity index (χ0n) is 13.9. The zero-order valence-corrected chi connectivity index (χ0v) is 13.9. The van der Waals surface area contributed by atoms with Gasteiger partial charge in [-0.3, -0.25) is 4.79 Å². The maximum absolute atomic E-state index is 12.6. The van der Waals surface area contributed by atoms with Gasteiger partial charge in [0.15, 0.2) is 0 Å². The van der Waals surface area contributed by atoms with Gasteiger partial charge >= 0.3 is 0 Å². The number of aromatic nitrogens is 3. The van der Waals surface area contributed by atoms with Crippen LogP contribution in [0.5, 0.6) is 0 Å². The number of hydrogen-bond acceptors (Lipinski definition) is 4. The third-order valence-electron chi connectivity index (χ3n) is 5.54. The Bertz CT molecular complexity index is 704. The third-order valence-corrected chi connectivity index (χ3v) is 5.54. The van der Waals surface area contributed by atoms with Crippen LogP contribution in [0.25, 0.3) is 5.69 Å². The summed E-state index contributed by atoms with van der Waals surface area (Å²) in [5.41, 5.74) is 2.35. The van der Waals surface area contributed by atoms with Crippen molar-refractivity contribution in [2.75, 3.05) is 13.1 Å². The molecule has 6 nitrogen and oxygen atoms in total. The van der Waals surface area contributed by atoms with Crippen LogP contribution in [0.1, 0.15) is 37.8 Å². The van der Waals surface area contributed by atoms with Crippen LogP contribution in [-0.4, -0.2) is 33.8 Å². The molecule has 0 radical (unpaired) electrons. The maximum atomic E-state index is 12.6. The number of piperidine rings is 1. The van der Waals surface area contributed by atoms with Crippen molar-refractivity contribution < 1.29 is 4.79 Å². The van der Waals surface area contributed by atoms with Gasteiger partial charge in [-0.05, 0) is 62.4 Å². The summed E-state index contributed by atoms with van der Waals surface area (Å²) in [7, 11) is 0. The average molecular weight is 325 g/mol. The quantitative estimate of drug-likeness (QED) is 0.900. The molecule has 2 heterocycles. The first kappa shape index (κ1) is 15.3. The zero-order chi connectivity index (χ0) is 16.6. The Labute approximate surface area is 141 Å². The number of carbonyl (C=O) groups excluding carboxylic acids is 1. The molecule has 1 aromatic carbocycles. The van der Waals surface area contributed by atoms with Crippen molar-refractivity contribution >= 4 is 5.91 Å². The smallest absolute Gasteiger partial charge is 0.224 e. The van der Waals surface area contributed by atoms with Crippen LogP contribution in [0.3, 0.4) is 0 Å². The highest BCUT2D eigenvalue weighted by Crippen LogP contribution is 2.58. The molecule has 1 saturated heterocycles. The van der Waals surface area contributed by atoms with E-state index >= 15 is 0 Å². The molecular formula is C18H23N5O. The maximum Gasteiger partial charge on any atom is 0.224 e. The molecule has 1 aromatic heterocycles. The van der Waals surface area contributed by atoms with Crippen LogP contribution >= 0.6 is 0 Å². The summed E-state index contributed by atoms with van der Waals surface area (Å²) in [5.74, 6) is 0.418. The molecule has 2 fully saturated rings. The van der Waals surface area contributed by atoms with Gasteiger partial charge in [-0.1, -0.05) is 12.1 Å². The van der Waals surface area contributed by atoms with Gasteiger partial charge in [0.05, 0.1) is 11.7 Å². The molecule has 4 rings (SSSR count). The Morgan fingerprint density at radius 3 is 2.75 bits per heavy atom. The first-order valence-electron chi connectivity index (χ1n) is 8.64. The number of hydrogen-bond donors (Lipinski definition) is 2. The highest BCUT2D eigenvalue weighted by Gasteiger charge is 2.57. The van der Waals surface area contributed by atoms with Crippen molar-refractivity contribution in [1.29, 1.82) is 0 Å². The van der Waals surface area contributed by atoms with E-state index in [-0.39, 0.29) is 23.3 Å². The van der Waals surface area contributed by atoms with Crippen LogP contribution in [-0.2, 0) is 4.79 Å². The van der Waals surface area contributed by atoms with Gasteiger partial charge < -0.3 is 10.6 Å². The number of nitrogens with one attached hydrogen (secondary N) is 2. The van der Waals surface area contributed by atoms with E-state index in [1.54, 1.807) is 11.0 Å². The van der Waals surface area contributed by atoms with E-state index in [9.17, 15) is 4.79 Å². The molecule has 6 heteroatoms. The summed E-state index contributed by atoms with van der Waals surface area (Å²) >= 11 is 0. The molecule has 1 aliphatic carbocycles. The number of rotatable bonds is 4. The number of benzene rings is 1. The molecule has 1 spiro atoms. The molecular weight excluding hydrogens is 302 g/mol. The van der Waals surface area contributed by atoms with Gasteiger partial charge in [0.1, 0.15) is 12.7 Å². The van der Waals surface area contributed by atoms with Crippen molar-refractivity contribution in [2.24, 2.45) is 11.3 Å². The molecule has 2 aromatic rings. The van der Waals surface area contributed by atoms with Crippen LogP contribution in [0.15, 0.2) is 36.9 Å². The second-order valence-corrected chi connectivity index (χ2v) is 7.03. The fraction of sp³-hybridized carbons (Fsp3) is 0.500. The third kappa shape index (κ3) is 2.82. The fourth-order valence-corrected chi connectivity index (χ4v) is 3.85. The summed E-state index contributed by atoms with van der Waals surface area (Å²) in [4.78, 5) is 16.5. The monoisotopic (exact) mass is 325 g/mol. The first-order valence-corrected chi connectivity index (χ1v) is 8.64. The molecule has 2 aliphatic rings. The lowest BCUT2D eigenvalue weighted by atomic mass is 9.91. The van der Waals surface area contributed by atoms with E-state index < -0.39 is 0 Å². The van der Waals surface area contributed by atoms with Crippen molar-refractivity contribution in [2.45, 2.75) is 32.2 Å². The largest absolute Gasteiger partial charge is 0.349 e. The normalized spacial score (nSPS) is 23.0. The van der Waals surface area contributed by atoms with Gasteiger partial charge in [0, 0.05) is 5.92 Å². The Morgan fingerprint density at radius 2 is 2.08 bits per heavy atom. The lowest BCUT2D eigenvalue weighted by Gasteiger charge is -2.24. The first-order chi connectivity index (χ1) is 11.7. The number of carbonyl (C=O) groups is 1. The van der Waals surface area contributed by atoms with E-state index in [1.165, 1.54) is 6.33 Å². The highest BCUT2D eigenvalue weighted by molar-refractivity contribution is 5.83. The molecule has 2 N–H and O–H groups in total. The average Bonchev–Trinajstić information content (AvgIpc) is 3.05. The van der Waals surface area contributed by atoms with Gasteiger partial charge in [-0.25, -0.2) is 9.67 Å². The Kier molecular flexibility index (Phi) is 3.84. The van der Waals surface area contributed by atoms with Gasteiger partial charge in [0.25, 0.3) is 0 Å². The van der Waals surface area contributed by atoms with Crippen LogP contribution < -0.4 is 10.6 Å². The van der Waals surface area contributed by atoms with Crippen molar-refractivity contribution in [3.05, 3.63) is 42.5 Å². The van der Waals surface area contributed by atoms with Crippen molar-refractivity contribution in [1.82, 2.24) is 25.4 Å².